The molecule has 0 fully saturated rings. The molecule has 4 aromatic carbocycles. The zero-order chi connectivity index (χ0) is 25.2. The molecule has 5 nitrogen and oxygen atoms in total. The van der Waals surface area contributed by atoms with Crippen LogP contribution in [-0.4, -0.2) is 23.9 Å². The fourth-order valence-electron chi connectivity index (χ4n) is 3.82. The van der Waals surface area contributed by atoms with Crippen LogP contribution in [0.25, 0.3) is 0 Å². The average molecular weight is 497 g/mol. The summed E-state index contributed by atoms with van der Waals surface area (Å²) in [6.07, 6.45) is -0.353. The highest BCUT2D eigenvalue weighted by Crippen LogP contribution is 2.43. The van der Waals surface area contributed by atoms with Gasteiger partial charge in [-0.05, 0) is 24.6 Å². The third-order valence-electron chi connectivity index (χ3n) is 5.88. The molecule has 1 atom stereocenters. The van der Waals surface area contributed by atoms with Crippen molar-refractivity contribution in [3.8, 4) is 0 Å². The number of hydrazone groups is 1. The molecule has 0 aliphatic carbocycles. The van der Waals surface area contributed by atoms with Crippen LogP contribution in [0, 0.1) is 0 Å². The van der Waals surface area contributed by atoms with Crippen LogP contribution in [-0.2, 0) is 15.9 Å². The Morgan fingerprint density at radius 2 is 1.25 bits per heavy atom. The number of benzene rings is 4. The molecule has 0 heterocycles. The number of nitrogens with zero attached hydrogens (tertiary/aromatic N) is 1. The predicted molar refractivity (Wildman–Crippen MR) is 147 cm³/mol. The molecule has 4 rings (SSSR count). The van der Waals surface area contributed by atoms with Crippen LogP contribution in [0.5, 0.6) is 0 Å². The molecule has 0 aromatic heterocycles. The minimum Gasteiger partial charge on any atom is -0.368 e. The summed E-state index contributed by atoms with van der Waals surface area (Å²) >= 11 is 0. The minimum atomic E-state index is -3.12. The van der Waals surface area contributed by atoms with Crippen LogP contribution in [0.3, 0.4) is 0 Å². The van der Waals surface area contributed by atoms with Crippen molar-refractivity contribution in [3.05, 3.63) is 132 Å². The Bertz CT molecular complexity index is 1280. The molecular formula is C30H29N2O3P. The molecule has 0 bridgehead atoms. The zero-order valence-electron chi connectivity index (χ0n) is 20.2. The number of hydrogen-bond acceptors (Lipinski definition) is 4. The molecule has 0 saturated heterocycles. The highest BCUT2D eigenvalue weighted by Gasteiger charge is 2.31. The second kappa shape index (κ2) is 12.3. The van der Waals surface area contributed by atoms with Gasteiger partial charge in [0, 0.05) is 16.2 Å². The summed E-state index contributed by atoms with van der Waals surface area (Å²) in [4.78, 5) is 12.7. The van der Waals surface area contributed by atoms with Crippen LogP contribution < -0.4 is 16.0 Å². The van der Waals surface area contributed by atoms with E-state index in [0.29, 0.717) is 17.9 Å². The summed E-state index contributed by atoms with van der Waals surface area (Å²) < 4.78 is 20.8. The van der Waals surface area contributed by atoms with Gasteiger partial charge >= 0.3 is 0 Å². The zero-order valence-corrected chi connectivity index (χ0v) is 21.1. The maximum absolute atomic E-state index is 14.7. The normalized spacial score (nSPS) is 12.6. The Morgan fingerprint density at radius 3 is 1.78 bits per heavy atom. The lowest BCUT2D eigenvalue weighted by Crippen LogP contribution is -2.32. The Morgan fingerprint density at radius 1 is 0.778 bits per heavy atom. The van der Waals surface area contributed by atoms with Gasteiger partial charge in [-0.15, -0.1) is 0 Å². The van der Waals surface area contributed by atoms with Gasteiger partial charge in [-0.2, -0.15) is 5.10 Å². The standard InChI is InChI=1S/C30H29N2O3P/c1-24(35-22-25-14-6-2-7-15-25)29(31-32-30(33)26-16-8-3-9-17-26)23-36(34,27-18-10-4-11-19-27)28-20-12-5-13-21-28/h2-21,24H,22-23H2,1H3,(H,32,33)/b31-29+/t24-/m0/s1. The van der Waals surface area contributed by atoms with Crippen LogP contribution in [0.15, 0.2) is 126 Å². The number of nitrogens with one attached hydrogen (secondary N) is 1. The van der Waals surface area contributed by atoms with Crippen molar-refractivity contribution in [2.75, 3.05) is 6.16 Å². The first kappa shape index (κ1) is 25.3. The van der Waals surface area contributed by atoms with E-state index < -0.39 is 13.2 Å². The van der Waals surface area contributed by atoms with Gasteiger partial charge in [-0.25, -0.2) is 5.43 Å². The van der Waals surface area contributed by atoms with Crippen LogP contribution >= 0.6 is 7.14 Å². The third kappa shape index (κ3) is 6.45. The van der Waals surface area contributed by atoms with Crippen molar-refractivity contribution in [1.82, 2.24) is 5.43 Å². The molecule has 6 heteroatoms. The third-order valence-corrected chi connectivity index (χ3v) is 8.91. The smallest absolute Gasteiger partial charge is 0.271 e. The number of rotatable bonds is 10. The first-order chi connectivity index (χ1) is 17.6. The van der Waals surface area contributed by atoms with Gasteiger partial charge in [-0.3, -0.25) is 4.79 Å². The number of amides is 1. The molecule has 0 unspecified atom stereocenters. The topological polar surface area (TPSA) is 67.8 Å². The molecule has 0 saturated carbocycles. The van der Waals surface area contributed by atoms with Gasteiger partial charge in [0.15, 0.2) is 0 Å². The van der Waals surface area contributed by atoms with Crippen molar-refractivity contribution in [3.63, 3.8) is 0 Å². The van der Waals surface area contributed by atoms with Gasteiger partial charge in [0.05, 0.1) is 24.6 Å². The van der Waals surface area contributed by atoms with Crippen molar-refractivity contribution in [2.45, 2.75) is 19.6 Å². The SMILES string of the molecule is C[C@H](OCc1ccccc1)/C(CP(=O)(c1ccccc1)c1ccccc1)=N/NC(=O)c1ccccc1. The second-order valence-corrected chi connectivity index (χ2v) is 11.2. The van der Waals surface area contributed by atoms with E-state index in [0.717, 1.165) is 16.2 Å². The van der Waals surface area contributed by atoms with Crippen molar-refractivity contribution >= 4 is 29.4 Å². The molecule has 0 spiro atoms. The second-order valence-electron chi connectivity index (χ2n) is 8.42. The molecule has 36 heavy (non-hydrogen) atoms. The van der Waals surface area contributed by atoms with Crippen LogP contribution in [0.2, 0.25) is 0 Å². The minimum absolute atomic E-state index is 0.131. The van der Waals surface area contributed by atoms with Crippen LogP contribution in [0.1, 0.15) is 22.8 Å². The van der Waals surface area contributed by atoms with E-state index in [4.69, 9.17) is 4.74 Å². The summed E-state index contributed by atoms with van der Waals surface area (Å²) in [6.45, 7) is 2.24. The Hall–Kier alpha value is -3.79. The first-order valence-corrected chi connectivity index (χ1v) is 13.7. The first-order valence-electron chi connectivity index (χ1n) is 11.8. The van der Waals surface area contributed by atoms with E-state index in [1.807, 2.05) is 104 Å². The molecule has 182 valence electrons. The molecule has 0 aliphatic rings. The number of carbonyl (C=O) groups excluding carboxylic acids is 1. The van der Waals surface area contributed by atoms with E-state index >= 15 is 0 Å². The fraction of sp³-hybridized carbons (Fsp3) is 0.133. The quantitative estimate of drug-likeness (QED) is 0.182. The predicted octanol–water partition coefficient (Wildman–Crippen LogP) is 5.39. The van der Waals surface area contributed by atoms with Crippen LogP contribution in [0.4, 0.5) is 0 Å². The lowest BCUT2D eigenvalue weighted by atomic mass is 10.2. The average Bonchev–Trinajstić information content (AvgIpc) is 2.95. The molecule has 0 radical (unpaired) electrons. The molecule has 1 amide bonds. The van der Waals surface area contributed by atoms with Gasteiger partial charge in [0.2, 0.25) is 0 Å². The van der Waals surface area contributed by atoms with Gasteiger partial charge < -0.3 is 9.30 Å². The summed E-state index contributed by atoms with van der Waals surface area (Å²) in [7, 11) is -3.12. The Balaban J connectivity index is 1.66. The van der Waals surface area contributed by atoms with E-state index in [2.05, 4.69) is 10.5 Å². The van der Waals surface area contributed by atoms with Crippen molar-refractivity contribution in [2.24, 2.45) is 5.10 Å². The van der Waals surface area contributed by atoms with Crippen molar-refractivity contribution < 1.29 is 14.1 Å². The van der Waals surface area contributed by atoms with Gasteiger partial charge in [-0.1, -0.05) is 109 Å². The maximum Gasteiger partial charge on any atom is 0.271 e. The van der Waals surface area contributed by atoms with Gasteiger partial charge in [0.25, 0.3) is 5.91 Å². The molecular weight excluding hydrogens is 467 g/mol. The number of hydrogen-bond donors (Lipinski definition) is 1. The van der Waals surface area contributed by atoms with E-state index in [-0.39, 0.29) is 12.1 Å². The van der Waals surface area contributed by atoms with E-state index in [1.165, 1.54) is 0 Å². The lowest BCUT2D eigenvalue weighted by molar-refractivity contribution is 0.0928. The maximum atomic E-state index is 14.7. The molecule has 0 aliphatic heterocycles. The number of ether oxygens (including phenoxy) is 1. The fourth-order valence-corrected chi connectivity index (χ4v) is 6.58. The number of carbonyl (C=O) groups is 1. The largest absolute Gasteiger partial charge is 0.368 e. The summed E-state index contributed by atoms with van der Waals surface area (Å²) in [5, 5.41) is 5.93. The summed E-state index contributed by atoms with van der Waals surface area (Å²) in [6, 6.07) is 37.6. The Labute approximate surface area is 212 Å². The highest BCUT2D eigenvalue weighted by atomic mass is 31.2. The van der Waals surface area contributed by atoms with Gasteiger partial charge in [0.1, 0.15) is 7.14 Å². The highest BCUT2D eigenvalue weighted by molar-refractivity contribution is 7.79. The molecule has 4 aromatic rings. The van der Waals surface area contributed by atoms with E-state index in [1.54, 1.807) is 24.3 Å². The molecule has 1 N–H and O–H groups in total. The van der Waals surface area contributed by atoms with Crippen molar-refractivity contribution in [1.29, 1.82) is 0 Å². The summed E-state index contributed by atoms with van der Waals surface area (Å²) in [5.41, 5.74) is 4.67. The monoisotopic (exact) mass is 496 g/mol. The Kier molecular flexibility index (Phi) is 8.62. The lowest BCUT2D eigenvalue weighted by Gasteiger charge is -2.23. The summed E-state index contributed by atoms with van der Waals surface area (Å²) in [5.74, 6) is -0.336. The van der Waals surface area contributed by atoms with E-state index in [9.17, 15) is 9.36 Å².